The van der Waals surface area contributed by atoms with Gasteiger partial charge < -0.3 is 14.8 Å². The summed E-state index contributed by atoms with van der Waals surface area (Å²) in [4.78, 5) is 6.79. The lowest BCUT2D eigenvalue weighted by atomic mass is 10.0. The summed E-state index contributed by atoms with van der Waals surface area (Å²) in [6, 6.07) is 11.3. The average molecular weight is 560 g/mol. The Labute approximate surface area is 203 Å². The number of piperidine rings is 1. The molecule has 2 aromatic rings. The fourth-order valence-corrected chi connectivity index (χ4v) is 5.44. The summed E-state index contributed by atoms with van der Waals surface area (Å²) in [7, 11) is 2.37. The van der Waals surface area contributed by atoms with Crippen LogP contribution in [0.1, 0.15) is 31.0 Å². The van der Waals surface area contributed by atoms with Crippen LogP contribution in [0.2, 0.25) is 0 Å². The summed E-state index contributed by atoms with van der Waals surface area (Å²) in [5.41, 5.74) is 2.21. The normalized spacial score (nSPS) is 17.8. The van der Waals surface area contributed by atoms with E-state index in [-0.39, 0.29) is 24.0 Å². The van der Waals surface area contributed by atoms with Crippen molar-refractivity contribution in [2.45, 2.75) is 37.8 Å². The highest BCUT2D eigenvalue weighted by Gasteiger charge is 2.28. The second-order valence-corrected chi connectivity index (χ2v) is 10.1. The van der Waals surface area contributed by atoms with Crippen molar-refractivity contribution in [3.05, 3.63) is 53.9 Å². The molecule has 1 aliphatic heterocycles. The fraction of sp³-hybridized carbons (Fsp3) is 0.500. The smallest absolute Gasteiger partial charge is 0.243 e. The predicted molar refractivity (Wildman–Crippen MR) is 136 cm³/mol. The summed E-state index contributed by atoms with van der Waals surface area (Å²) in [6.07, 6.45) is 4.05. The van der Waals surface area contributed by atoms with Gasteiger partial charge in [-0.3, -0.25) is 4.99 Å². The number of guanidine groups is 1. The van der Waals surface area contributed by atoms with E-state index in [1.807, 2.05) is 38.5 Å². The molecule has 1 fully saturated rings. The van der Waals surface area contributed by atoms with Crippen LogP contribution in [0.15, 0.2) is 52.5 Å². The molecule has 0 radical (unpaired) electrons. The Hall–Kier alpha value is -1.59. The van der Waals surface area contributed by atoms with E-state index in [2.05, 4.69) is 32.8 Å². The molecule has 9 heteroatoms. The second-order valence-electron chi connectivity index (χ2n) is 8.12. The SMILES string of the molecule is CN=C(NCc1ccc(S(=O)(=O)N2CCCC(C)C2)cc1)N(C)Cc1cccn1C.I. The Bertz CT molecular complexity index is 972. The zero-order valence-electron chi connectivity index (χ0n) is 18.8. The number of aliphatic imine (C=N–C) groups is 1. The van der Waals surface area contributed by atoms with E-state index in [0.29, 0.717) is 30.4 Å². The van der Waals surface area contributed by atoms with Crippen LogP contribution in [0.3, 0.4) is 0 Å². The molecule has 31 heavy (non-hydrogen) atoms. The maximum Gasteiger partial charge on any atom is 0.243 e. The van der Waals surface area contributed by atoms with Crippen molar-refractivity contribution in [2.24, 2.45) is 18.0 Å². The van der Waals surface area contributed by atoms with E-state index < -0.39 is 10.0 Å². The molecular weight excluding hydrogens is 525 g/mol. The molecule has 0 aliphatic carbocycles. The van der Waals surface area contributed by atoms with Crippen LogP contribution in [-0.4, -0.2) is 55.3 Å². The van der Waals surface area contributed by atoms with Crippen molar-refractivity contribution in [3.8, 4) is 0 Å². The minimum atomic E-state index is -3.42. The topological polar surface area (TPSA) is 69.9 Å². The number of aryl methyl sites for hydroxylation is 1. The van der Waals surface area contributed by atoms with Crippen LogP contribution in [0.5, 0.6) is 0 Å². The first-order valence-electron chi connectivity index (χ1n) is 10.4. The largest absolute Gasteiger partial charge is 0.353 e. The molecule has 1 aromatic heterocycles. The third kappa shape index (κ3) is 6.45. The molecule has 1 saturated heterocycles. The van der Waals surface area contributed by atoms with Crippen LogP contribution in [0.25, 0.3) is 0 Å². The first kappa shape index (κ1) is 25.7. The van der Waals surface area contributed by atoms with Gasteiger partial charge in [-0.25, -0.2) is 8.42 Å². The lowest BCUT2D eigenvalue weighted by Crippen LogP contribution is -2.39. The monoisotopic (exact) mass is 559 g/mol. The predicted octanol–water partition coefficient (Wildman–Crippen LogP) is 3.27. The molecule has 2 heterocycles. The Balaban J connectivity index is 0.00000341. The number of nitrogens with one attached hydrogen (secondary N) is 1. The highest BCUT2D eigenvalue weighted by Crippen LogP contribution is 2.23. The van der Waals surface area contributed by atoms with E-state index in [1.165, 1.54) is 5.69 Å². The minimum absolute atomic E-state index is 0. The third-order valence-electron chi connectivity index (χ3n) is 5.66. The van der Waals surface area contributed by atoms with Crippen LogP contribution in [0, 0.1) is 5.92 Å². The molecular formula is C22H34IN5O2S. The maximum absolute atomic E-state index is 12.9. The van der Waals surface area contributed by atoms with E-state index in [9.17, 15) is 8.42 Å². The van der Waals surface area contributed by atoms with Gasteiger partial charge in [0.15, 0.2) is 5.96 Å². The molecule has 0 bridgehead atoms. The number of halogens is 1. The lowest BCUT2D eigenvalue weighted by Gasteiger charge is -2.30. The van der Waals surface area contributed by atoms with E-state index in [4.69, 9.17) is 0 Å². The first-order chi connectivity index (χ1) is 14.3. The van der Waals surface area contributed by atoms with E-state index in [0.717, 1.165) is 30.9 Å². The van der Waals surface area contributed by atoms with Gasteiger partial charge in [-0.05, 0) is 48.6 Å². The number of aromatic nitrogens is 1. The van der Waals surface area contributed by atoms with Gasteiger partial charge in [0.2, 0.25) is 10.0 Å². The Morgan fingerprint density at radius 1 is 1.26 bits per heavy atom. The average Bonchev–Trinajstić information content (AvgIpc) is 3.13. The quantitative estimate of drug-likeness (QED) is 0.335. The Morgan fingerprint density at radius 2 is 1.97 bits per heavy atom. The van der Waals surface area contributed by atoms with Crippen LogP contribution >= 0.6 is 24.0 Å². The molecule has 1 N–H and O–H groups in total. The zero-order valence-corrected chi connectivity index (χ0v) is 21.9. The highest BCUT2D eigenvalue weighted by molar-refractivity contribution is 14.0. The third-order valence-corrected chi connectivity index (χ3v) is 7.53. The van der Waals surface area contributed by atoms with Crippen LogP contribution in [-0.2, 0) is 30.2 Å². The van der Waals surface area contributed by atoms with Gasteiger partial charge in [-0.2, -0.15) is 4.31 Å². The molecule has 1 aromatic carbocycles. The number of hydrogen-bond acceptors (Lipinski definition) is 3. The van der Waals surface area contributed by atoms with Gasteiger partial charge in [0.05, 0.1) is 11.4 Å². The molecule has 172 valence electrons. The van der Waals surface area contributed by atoms with Crippen molar-refractivity contribution in [3.63, 3.8) is 0 Å². The summed E-state index contributed by atoms with van der Waals surface area (Å²) >= 11 is 0. The fourth-order valence-electron chi connectivity index (χ4n) is 3.84. The maximum atomic E-state index is 12.9. The first-order valence-corrected chi connectivity index (χ1v) is 11.9. The minimum Gasteiger partial charge on any atom is -0.353 e. The summed E-state index contributed by atoms with van der Waals surface area (Å²) in [5, 5.41) is 3.35. The zero-order chi connectivity index (χ0) is 21.7. The molecule has 1 atom stereocenters. The van der Waals surface area contributed by atoms with Crippen molar-refractivity contribution in [1.82, 2.24) is 19.1 Å². The van der Waals surface area contributed by atoms with Gasteiger partial charge in [0, 0.05) is 52.7 Å². The van der Waals surface area contributed by atoms with Gasteiger partial charge in [-0.15, -0.1) is 24.0 Å². The molecule has 3 rings (SSSR count). The van der Waals surface area contributed by atoms with Gasteiger partial charge in [0.25, 0.3) is 0 Å². The number of rotatable bonds is 6. The molecule has 1 unspecified atom stereocenters. The number of hydrogen-bond donors (Lipinski definition) is 1. The van der Waals surface area contributed by atoms with Crippen molar-refractivity contribution >= 4 is 40.0 Å². The lowest BCUT2D eigenvalue weighted by molar-refractivity contribution is 0.281. The van der Waals surface area contributed by atoms with Crippen LogP contribution < -0.4 is 5.32 Å². The van der Waals surface area contributed by atoms with Gasteiger partial charge in [-0.1, -0.05) is 19.1 Å². The van der Waals surface area contributed by atoms with Crippen molar-refractivity contribution in [2.75, 3.05) is 27.2 Å². The molecule has 0 saturated carbocycles. The number of benzene rings is 1. The molecule has 7 nitrogen and oxygen atoms in total. The summed E-state index contributed by atoms with van der Waals surface area (Å²) < 4.78 is 29.5. The molecule has 0 amide bonds. The number of sulfonamides is 1. The van der Waals surface area contributed by atoms with Crippen molar-refractivity contribution in [1.29, 1.82) is 0 Å². The summed E-state index contributed by atoms with van der Waals surface area (Å²) in [6.45, 7) is 4.65. The Kier molecular flexibility index (Phi) is 9.38. The standard InChI is InChI=1S/C22H33N5O2S.HI/c1-18-7-5-14-27(16-18)30(28,29)21-11-9-19(10-12-21)15-24-22(23-2)26(4)17-20-8-6-13-25(20)3;/h6,8-13,18H,5,7,14-17H2,1-4H3,(H,23,24);1H. The van der Waals surface area contributed by atoms with Gasteiger partial charge in [0.1, 0.15) is 0 Å². The second kappa shape index (κ2) is 11.3. The van der Waals surface area contributed by atoms with Crippen LogP contribution in [0.4, 0.5) is 0 Å². The van der Waals surface area contributed by atoms with Gasteiger partial charge >= 0.3 is 0 Å². The van der Waals surface area contributed by atoms with E-state index >= 15 is 0 Å². The molecule has 0 spiro atoms. The molecule has 1 aliphatic rings. The summed E-state index contributed by atoms with van der Waals surface area (Å²) in [5.74, 6) is 1.20. The van der Waals surface area contributed by atoms with E-state index in [1.54, 1.807) is 23.5 Å². The Morgan fingerprint density at radius 3 is 2.55 bits per heavy atom. The van der Waals surface area contributed by atoms with Crippen molar-refractivity contribution < 1.29 is 8.42 Å². The highest BCUT2D eigenvalue weighted by atomic mass is 127. The number of nitrogens with zero attached hydrogens (tertiary/aromatic N) is 4.